The molecule has 0 unspecified atom stereocenters. The zero-order valence-electron chi connectivity index (χ0n) is 11.9. The predicted octanol–water partition coefficient (Wildman–Crippen LogP) is 1.79. The number of aliphatic hydroxyl groups is 1. The van der Waals surface area contributed by atoms with Crippen LogP contribution in [-0.4, -0.2) is 43.1 Å². The highest BCUT2D eigenvalue weighted by Crippen LogP contribution is 2.27. The molecule has 0 saturated heterocycles. The summed E-state index contributed by atoms with van der Waals surface area (Å²) in [6, 6.07) is 4.25. The zero-order valence-corrected chi connectivity index (χ0v) is 11.9. The van der Waals surface area contributed by atoms with E-state index >= 15 is 0 Å². The van der Waals surface area contributed by atoms with Crippen LogP contribution < -0.4 is 4.90 Å². The third kappa shape index (κ3) is 3.92. The van der Waals surface area contributed by atoms with E-state index in [0.29, 0.717) is 17.8 Å². The van der Waals surface area contributed by atoms with Crippen molar-refractivity contribution >= 4 is 11.6 Å². The Labute approximate surface area is 113 Å². The Morgan fingerprint density at radius 1 is 1.42 bits per heavy atom. The number of rotatable bonds is 5. The van der Waals surface area contributed by atoms with E-state index in [1.54, 1.807) is 27.1 Å². The molecule has 0 spiro atoms. The van der Waals surface area contributed by atoms with Crippen LogP contribution in [0.5, 0.6) is 0 Å². The Bertz CT molecular complexity index is 447. The minimum absolute atomic E-state index is 0.0392. The molecule has 0 aromatic heterocycles. The summed E-state index contributed by atoms with van der Waals surface area (Å²) in [5, 5.41) is 9.73. The lowest BCUT2D eigenvalue weighted by atomic mass is 10.1. The third-order valence-corrected chi connectivity index (χ3v) is 2.99. The van der Waals surface area contributed by atoms with Gasteiger partial charge < -0.3 is 14.9 Å². The molecule has 0 aliphatic heterocycles. The first-order chi connectivity index (χ1) is 8.86. The Kier molecular flexibility index (Phi) is 5.30. The lowest BCUT2D eigenvalue weighted by Crippen LogP contribution is -2.37. The number of carbonyl (C=O) groups excluding carboxylic acids is 1. The number of nitrogens with zero attached hydrogens (tertiary/aromatic N) is 2. The van der Waals surface area contributed by atoms with Gasteiger partial charge in [0.05, 0.1) is 12.6 Å². The second kappa shape index (κ2) is 6.52. The van der Waals surface area contributed by atoms with Crippen molar-refractivity contribution in [2.75, 3.05) is 32.1 Å². The van der Waals surface area contributed by atoms with Crippen LogP contribution >= 0.6 is 0 Å². The van der Waals surface area contributed by atoms with E-state index in [4.69, 9.17) is 0 Å². The molecule has 0 bridgehead atoms. The standard InChI is InChI=1S/C14H21FN2O2/c1-5-17(9-14(19)16(3)4)13-7-6-11(15)8-12(13)10(2)18/h6-8,10,18H,5,9H2,1-4H3/t10-/m0/s1. The maximum absolute atomic E-state index is 13.3. The molecule has 0 aliphatic rings. The van der Waals surface area contributed by atoms with Gasteiger partial charge >= 0.3 is 0 Å². The van der Waals surface area contributed by atoms with Crippen molar-refractivity contribution in [3.8, 4) is 0 Å². The molecule has 1 atom stereocenters. The van der Waals surface area contributed by atoms with Crippen LogP contribution in [0.2, 0.25) is 0 Å². The first-order valence-electron chi connectivity index (χ1n) is 6.29. The third-order valence-electron chi connectivity index (χ3n) is 2.99. The van der Waals surface area contributed by atoms with Gasteiger partial charge in [0.25, 0.3) is 0 Å². The van der Waals surface area contributed by atoms with Crippen molar-refractivity contribution < 1.29 is 14.3 Å². The normalized spacial score (nSPS) is 12.1. The van der Waals surface area contributed by atoms with Crippen LogP contribution in [0.1, 0.15) is 25.5 Å². The quantitative estimate of drug-likeness (QED) is 0.885. The van der Waals surface area contributed by atoms with Gasteiger partial charge in [-0.15, -0.1) is 0 Å². The SMILES string of the molecule is CCN(CC(=O)N(C)C)c1ccc(F)cc1[C@H](C)O. The molecular weight excluding hydrogens is 247 g/mol. The van der Waals surface area contributed by atoms with E-state index in [-0.39, 0.29) is 12.5 Å². The van der Waals surface area contributed by atoms with Crippen molar-refractivity contribution in [3.63, 3.8) is 0 Å². The maximum atomic E-state index is 13.3. The van der Waals surface area contributed by atoms with Crippen LogP contribution in [-0.2, 0) is 4.79 Å². The molecular formula is C14H21FN2O2. The number of amides is 1. The van der Waals surface area contributed by atoms with Crippen LogP contribution in [0.15, 0.2) is 18.2 Å². The summed E-state index contributed by atoms with van der Waals surface area (Å²) in [6.07, 6.45) is -0.783. The number of likely N-dealkylation sites (N-methyl/N-ethyl adjacent to an activating group) is 2. The molecule has 0 fully saturated rings. The highest BCUT2D eigenvalue weighted by Gasteiger charge is 2.17. The molecule has 0 radical (unpaired) electrons. The van der Waals surface area contributed by atoms with Gasteiger partial charge in [0.1, 0.15) is 5.82 Å². The number of hydrogen-bond donors (Lipinski definition) is 1. The van der Waals surface area contributed by atoms with Gasteiger partial charge in [-0.1, -0.05) is 0 Å². The van der Waals surface area contributed by atoms with E-state index in [1.165, 1.54) is 17.0 Å². The average molecular weight is 268 g/mol. The number of benzene rings is 1. The van der Waals surface area contributed by atoms with Crippen molar-refractivity contribution in [2.24, 2.45) is 0 Å². The molecule has 0 heterocycles. The van der Waals surface area contributed by atoms with E-state index in [2.05, 4.69) is 0 Å². The molecule has 1 amide bonds. The molecule has 0 aliphatic carbocycles. The molecule has 1 rings (SSSR count). The highest BCUT2D eigenvalue weighted by molar-refractivity contribution is 5.81. The summed E-state index contributed by atoms with van der Waals surface area (Å²) < 4.78 is 13.3. The smallest absolute Gasteiger partial charge is 0.241 e. The molecule has 4 nitrogen and oxygen atoms in total. The average Bonchev–Trinajstić information content (AvgIpc) is 2.35. The highest BCUT2D eigenvalue weighted by atomic mass is 19.1. The molecule has 1 aromatic carbocycles. The zero-order chi connectivity index (χ0) is 14.6. The predicted molar refractivity (Wildman–Crippen MR) is 73.6 cm³/mol. The number of halogens is 1. The van der Waals surface area contributed by atoms with Gasteiger partial charge in [0.15, 0.2) is 0 Å². The van der Waals surface area contributed by atoms with E-state index in [9.17, 15) is 14.3 Å². The lowest BCUT2D eigenvalue weighted by Gasteiger charge is -2.27. The topological polar surface area (TPSA) is 43.8 Å². The molecule has 0 saturated carbocycles. The largest absolute Gasteiger partial charge is 0.389 e. The first kappa shape index (κ1) is 15.4. The van der Waals surface area contributed by atoms with Crippen molar-refractivity contribution in [1.29, 1.82) is 0 Å². The van der Waals surface area contributed by atoms with E-state index < -0.39 is 11.9 Å². The molecule has 1 N–H and O–H groups in total. The minimum Gasteiger partial charge on any atom is -0.389 e. The molecule has 19 heavy (non-hydrogen) atoms. The van der Waals surface area contributed by atoms with Gasteiger partial charge in [-0.2, -0.15) is 0 Å². The molecule has 1 aromatic rings. The summed E-state index contributed by atoms with van der Waals surface area (Å²) in [7, 11) is 3.38. The van der Waals surface area contributed by atoms with Gasteiger partial charge in [-0.3, -0.25) is 4.79 Å². The summed E-state index contributed by atoms with van der Waals surface area (Å²) in [6.45, 7) is 4.30. The summed E-state index contributed by atoms with van der Waals surface area (Å²) >= 11 is 0. The van der Waals surface area contributed by atoms with Crippen molar-refractivity contribution in [3.05, 3.63) is 29.6 Å². The minimum atomic E-state index is -0.783. The second-order valence-electron chi connectivity index (χ2n) is 4.68. The van der Waals surface area contributed by atoms with Crippen molar-refractivity contribution in [1.82, 2.24) is 4.90 Å². The van der Waals surface area contributed by atoms with E-state index in [1.807, 2.05) is 11.8 Å². The van der Waals surface area contributed by atoms with Crippen LogP contribution in [0.3, 0.4) is 0 Å². The summed E-state index contributed by atoms with van der Waals surface area (Å²) in [4.78, 5) is 15.1. The molecule has 5 heteroatoms. The number of aliphatic hydroxyl groups excluding tert-OH is 1. The van der Waals surface area contributed by atoms with Crippen molar-refractivity contribution in [2.45, 2.75) is 20.0 Å². The van der Waals surface area contributed by atoms with Gasteiger partial charge in [0, 0.05) is 31.9 Å². The fraction of sp³-hybridized carbons (Fsp3) is 0.500. The Balaban J connectivity index is 3.07. The lowest BCUT2D eigenvalue weighted by molar-refractivity contribution is -0.127. The molecule has 106 valence electrons. The van der Waals surface area contributed by atoms with Crippen LogP contribution in [0, 0.1) is 5.82 Å². The Hall–Kier alpha value is -1.62. The maximum Gasteiger partial charge on any atom is 0.241 e. The van der Waals surface area contributed by atoms with Crippen LogP contribution in [0.4, 0.5) is 10.1 Å². The van der Waals surface area contributed by atoms with Gasteiger partial charge in [-0.05, 0) is 32.0 Å². The van der Waals surface area contributed by atoms with E-state index in [0.717, 1.165) is 0 Å². The summed E-state index contributed by atoms with van der Waals surface area (Å²) in [5.74, 6) is -0.433. The Morgan fingerprint density at radius 2 is 2.05 bits per heavy atom. The number of carbonyl (C=O) groups is 1. The summed E-state index contributed by atoms with van der Waals surface area (Å²) in [5.41, 5.74) is 1.18. The second-order valence-corrected chi connectivity index (χ2v) is 4.68. The Morgan fingerprint density at radius 3 is 2.53 bits per heavy atom. The fourth-order valence-corrected chi connectivity index (χ4v) is 1.82. The number of hydrogen-bond acceptors (Lipinski definition) is 3. The number of anilines is 1. The van der Waals surface area contributed by atoms with Gasteiger partial charge in [-0.25, -0.2) is 4.39 Å². The van der Waals surface area contributed by atoms with Gasteiger partial charge in [0.2, 0.25) is 5.91 Å². The first-order valence-corrected chi connectivity index (χ1v) is 6.29. The van der Waals surface area contributed by atoms with Crippen LogP contribution in [0.25, 0.3) is 0 Å². The monoisotopic (exact) mass is 268 g/mol. The fourth-order valence-electron chi connectivity index (χ4n) is 1.82.